The normalized spacial score (nSPS) is 24.5. The van der Waals surface area contributed by atoms with Gasteiger partial charge in [0.1, 0.15) is 0 Å². The van der Waals surface area contributed by atoms with E-state index in [1.54, 1.807) is 0 Å². The van der Waals surface area contributed by atoms with Gasteiger partial charge in [-0.2, -0.15) is 0 Å². The summed E-state index contributed by atoms with van der Waals surface area (Å²) in [5.74, 6) is 0.312. The molecule has 1 fully saturated rings. The summed E-state index contributed by atoms with van der Waals surface area (Å²) in [6.45, 7) is 4.25. The van der Waals surface area contributed by atoms with E-state index in [9.17, 15) is 4.79 Å². The topological polar surface area (TPSA) is 17.1 Å². The molecule has 0 bridgehead atoms. The Bertz CT molecular complexity index is 383. The van der Waals surface area contributed by atoms with Crippen molar-refractivity contribution in [2.45, 2.75) is 30.9 Å². The molecule has 80 valence electrons. The lowest BCUT2D eigenvalue weighted by molar-refractivity contribution is -0.110. The van der Waals surface area contributed by atoms with E-state index in [-0.39, 0.29) is 4.75 Å². The minimum Gasteiger partial charge on any atom is -0.287 e. The molecule has 1 aromatic carbocycles. The highest BCUT2D eigenvalue weighted by molar-refractivity contribution is 8.15. The molecule has 3 heteroatoms. The molecule has 1 aromatic rings. The van der Waals surface area contributed by atoms with Crippen molar-refractivity contribution < 1.29 is 4.79 Å². The number of halogens is 1. The Morgan fingerprint density at radius 3 is 2.40 bits per heavy atom. The molecule has 0 amide bonds. The maximum Gasteiger partial charge on any atom is 0.190 e. The lowest BCUT2D eigenvalue weighted by Gasteiger charge is -2.25. The number of rotatable bonds is 1. The summed E-state index contributed by atoms with van der Waals surface area (Å²) in [6, 6.07) is 7.82. The molecule has 1 nitrogen and oxygen atoms in total. The van der Waals surface area contributed by atoms with Crippen molar-refractivity contribution in [1.29, 1.82) is 0 Å². The van der Waals surface area contributed by atoms with Crippen molar-refractivity contribution in [3.8, 4) is 0 Å². The van der Waals surface area contributed by atoms with E-state index in [1.165, 1.54) is 17.3 Å². The van der Waals surface area contributed by atoms with Gasteiger partial charge in [-0.3, -0.25) is 4.79 Å². The fourth-order valence-corrected chi connectivity index (χ4v) is 3.36. The Morgan fingerprint density at radius 2 is 1.93 bits per heavy atom. The average Bonchev–Trinajstić information content (AvgIpc) is 2.41. The van der Waals surface area contributed by atoms with E-state index in [4.69, 9.17) is 11.6 Å². The van der Waals surface area contributed by atoms with Crippen LogP contribution in [0.3, 0.4) is 0 Å². The highest BCUT2D eigenvalue weighted by atomic mass is 35.5. The van der Waals surface area contributed by atoms with Gasteiger partial charge in [0.2, 0.25) is 0 Å². The fourth-order valence-electron chi connectivity index (χ4n) is 2.03. The Hall–Kier alpha value is -0.470. The number of hydrogen-bond acceptors (Lipinski definition) is 2. The monoisotopic (exact) mass is 240 g/mol. The first kappa shape index (κ1) is 11.0. The molecule has 0 N–H and O–H groups in total. The van der Waals surface area contributed by atoms with Gasteiger partial charge >= 0.3 is 0 Å². The van der Waals surface area contributed by atoms with Gasteiger partial charge in [-0.05, 0) is 31.5 Å². The minimum absolute atomic E-state index is 0.00487. The summed E-state index contributed by atoms with van der Waals surface area (Å²) in [5, 5.41) is 1.04. The number of hydrogen-bond donors (Lipinski definition) is 0. The molecule has 1 aliphatic rings. The highest BCUT2D eigenvalue weighted by Crippen LogP contribution is 2.49. The van der Waals surface area contributed by atoms with E-state index >= 15 is 0 Å². The minimum atomic E-state index is 0.00487. The highest BCUT2D eigenvalue weighted by Gasteiger charge is 2.41. The second-order valence-electron chi connectivity index (χ2n) is 4.39. The van der Waals surface area contributed by atoms with Gasteiger partial charge in [-0.1, -0.05) is 35.5 Å². The molecular formula is C12H13ClOS. The third-order valence-electron chi connectivity index (χ3n) is 2.86. The average molecular weight is 241 g/mol. The van der Waals surface area contributed by atoms with E-state index in [1.807, 2.05) is 24.3 Å². The van der Waals surface area contributed by atoms with E-state index in [0.29, 0.717) is 17.5 Å². The van der Waals surface area contributed by atoms with Crippen LogP contribution in [0.2, 0.25) is 5.02 Å². The molecule has 2 rings (SSSR count). The van der Waals surface area contributed by atoms with Gasteiger partial charge < -0.3 is 0 Å². The first-order valence-electron chi connectivity index (χ1n) is 4.96. The maximum absolute atomic E-state index is 11.4. The van der Waals surface area contributed by atoms with Crippen LogP contribution in [0.25, 0.3) is 0 Å². The van der Waals surface area contributed by atoms with Crippen LogP contribution in [-0.4, -0.2) is 9.86 Å². The molecule has 1 heterocycles. The Labute approximate surface area is 99.2 Å². The molecule has 0 spiro atoms. The molecule has 0 aromatic heterocycles. The Morgan fingerprint density at radius 1 is 1.33 bits per heavy atom. The number of carbonyl (C=O) groups excluding carboxylic acids is 1. The van der Waals surface area contributed by atoms with Crippen LogP contribution >= 0.6 is 23.4 Å². The van der Waals surface area contributed by atoms with Crippen LogP contribution < -0.4 is 0 Å². The second-order valence-corrected chi connectivity index (χ2v) is 6.53. The van der Waals surface area contributed by atoms with Crippen molar-refractivity contribution >= 4 is 28.5 Å². The predicted octanol–water partition coefficient (Wildman–Crippen LogP) is 3.87. The summed E-state index contributed by atoms with van der Waals surface area (Å²) in [7, 11) is 0. The number of benzene rings is 1. The van der Waals surface area contributed by atoms with Crippen LogP contribution in [-0.2, 0) is 4.79 Å². The summed E-state index contributed by atoms with van der Waals surface area (Å²) in [5.41, 5.74) is 1.21. The van der Waals surface area contributed by atoms with Crippen LogP contribution in [0.5, 0.6) is 0 Å². The third kappa shape index (κ3) is 2.21. The first-order valence-corrected chi connectivity index (χ1v) is 6.16. The van der Waals surface area contributed by atoms with Crippen molar-refractivity contribution in [2.24, 2.45) is 0 Å². The first-order chi connectivity index (χ1) is 6.99. The molecule has 0 radical (unpaired) electrons. The predicted molar refractivity (Wildman–Crippen MR) is 65.5 cm³/mol. The maximum atomic E-state index is 11.4. The van der Waals surface area contributed by atoms with Crippen molar-refractivity contribution in [1.82, 2.24) is 0 Å². The smallest absolute Gasteiger partial charge is 0.190 e. The fraction of sp³-hybridized carbons (Fsp3) is 0.417. The van der Waals surface area contributed by atoms with Crippen LogP contribution in [0.1, 0.15) is 31.7 Å². The molecule has 1 aliphatic heterocycles. The van der Waals surface area contributed by atoms with Gasteiger partial charge in [0, 0.05) is 22.1 Å². The van der Waals surface area contributed by atoms with Crippen molar-refractivity contribution in [2.75, 3.05) is 0 Å². The van der Waals surface area contributed by atoms with Gasteiger partial charge in [-0.25, -0.2) is 0 Å². The standard InChI is InChI=1S/C12H13ClOS/c1-12(2)10(7-11(14)15-12)8-3-5-9(13)6-4-8/h3-6,10H,7H2,1-2H3. The summed E-state index contributed by atoms with van der Waals surface area (Å²) >= 11 is 7.30. The molecule has 1 unspecified atom stereocenters. The summed E-state index contributed by atoms with van der Waals surface area (Å²) in [4.78, 5) is 11.4. The zero-order valence-corrected chi connectivity index (χ0v) is 10.4. The lowest BCUT2D eigenvalue weighted by Crippen LogP contribution is -2.19. The molecule has 0 saturated carbocycles. The molecular weight excluding hydrogens is 228 g/mol. The quantitative estimate of drug-likeness (QED) is 0.742. The zero-order valence-electron chi connectivity index (χ0n) is 8.79. The molecule has 15 heavy (non-hydrogen) atoms. The Balaban J connectivity index is 2.31. The number of carbonyl (C=O) groups is 1. The van der Waals surface area contributed by atoms with Gasteiger partial charge in [-0.15, -0.1) is 0 Å². The van der Waals surface area contributed by atoms with Crippen LogP contribution in [0.4, 0.5) is 0 Å². The lowest BCUT2D eigenvalue weighted by atomic mass is 9.86. The van der Waals surface area contributed by atoms with Crippen molar-refractivity contribution in [3.05, 3.63) is 34.9 Å². The van der Waals surface area contributed by atoms with E-state index in [0.717, 1.165) is 5.02 Å². The van der Waals surface area contributed by atoms with Gasteiger partial charge in [0.05, 0.1) is 0 Å². The largest absolute Gasteiger partial charge is 0.287 e. The SMILES string of the molecule is CC1(C)SC(=O)CC1c1ccc(Cl)cc1. The third-order valence-corrected chi connectivity index (χ3v) is 4.32. The van der Waals surface area contributed by atoms with E-state index in [2.05, 4.69) is 13.8 Å². The van der Waals surface area contributed by atoms with Crippen LogP contribution in [0, 0.1) is 0 Å². The molecule has 1 saturated heterocycles. The summed E-state index contributed by atoms with van der Waals surface area (Å²) < 4.78 is 0.00487. The number of thioether (sulfide) groups is 1. The van der Waals surface area contributed by atoms with E-state index < -0.39 is 0 Å². The Kier molecular flexibility index (Phi) is 2.82. The molecule has 0 aliphatic carbocycles. The van der Waals surface area contributed by atoms with Gasteiger partial charge in [0.25, 0.3) is 0 Å². The van der Waals surface area contributed by atoms with Crippen LogP contribution in [0.15, 0.2) is 24.3 Å². The summed E-state index contributed by atoms with van der Waals surface area (Å²) in [6.07, 6.45) is 0.638. The van der Waals surface area contributed by atoms with Gasteiger partial charge in [0.15, 0.2) is 5.12 Å². The second kappa shape index (κ2) is 3.84. The zero-order chi connectivity index (χ0) is 11.1. The molecule has 1 atom stereocenters. The van der Waals surface area contributed by atoms with Crippen molar-refractivity contribution in [3.63, 3.8) is 0 Å².